The van der Waals surface area contributed by atoms with Crippen LogP contribution in [0.25, 0.3) is 22.2 Å². The third kappa shape index (κ3) is 3.64. The fourth-order valence-electron chi connectivity index (χ4n) is 2.50. The fourth-order valence-corrected chi connectivity index (χ4v) is 2.50. The summed E-state index contributed by atoms with van der Waals surface area (Å²) >= 11 is 0. The van der Waals surface area contributed by atoms with Crippen molar-refractivity contribution < 1.29 is 37.1 Å². The maximum atomic E-state index is 12.3. The predicted octanol–water partition coefficient (Wildman–Crippen LogP) is 3.98. The summed E-state index contributed by atoms with van der Waals surface area (Å²) in [7, 11) is 0. The first-order chi connectivity index (χ1) is 12.7. The van der Waals surface area contributed by atoms with Crippen molar-refractivity contribution in [2.24, 2.45) is 0 Å². The molecule has 10 heteroatoms. The molecule has 0 amide bonds. The van der Waals surface area contributed by atoms with E-state index < -0.39 is 23.8 Å². The van der Waals surface area contributed by atoms with Gasteiger partial charge in [0.05, 0.1) is 17.7 Å². The first kappa shape index (κ1) is 18.5. The van der Waals surface area contributed by atoms with Crippen molar-refractivity contribution in [1.29, 1.82) is 0 Å². The van der Waals surface area contributed by atoms with E-state index in [4.69, 9.17) is 9.26 Å². The number of halogens is 3. The lowest BCUT2D eigenvalue weighted by atomic mass is 10.1. The van der Waals surface area contributed by atoms with Gasteiger partial charge in [0.2, 0.25) is 0 Å². The molecule has 3 rings (SSSR count). The molecule has 1 aromatic carbocycles. The lowest BCUT2D eigenvalue weighted by Gasteiger charge is -2.09. The Balaban J connectivity index is 2.09. The van der Waals surface area contributed by atoms with Crippen LogP contribution in [-0.2, 0) is 4.74 Å². The van der Waals surface area contributed by atoms with Gasteiger partial charge in [-0.1, -0.05) is 5.16 Å². The van der Waals surface area contributed by atoms with Gasteiger partial charge in [0.25, 0.3) is 0 Å². The number of hydrogen-bond acceptors (Lipinski definition) is 7. The summed E-state index contributed by atoms with van der Waals surface area (Å²) in [5.74, 6) is -1.71. The number of fused-ring (bicyclic) bond motifs is 1. The van der Waals surface area contributed by atoms with E-state index in [0.717, 1.165) is 12.1 Å². The number of alkyl halides is 3. The van der Waals surface area contributed by atoms with Crippen LogP contribution in [-0.4, -0.2) is 34.2 Å². The molecule has 0 fully saturated rings. The highest BCUT2D eigenvalue weighted by Crippen LogP contribution is 2.38. The largest absolute Gasteiger partial charge is 0.573 e. The van der Waals surface area contributed by atoms with Gasteiger partial charge in [0.1, 0.15) is 11.4 Å². The van der Waals surface area contributed by atoms with Crippen molar-refractivity contribution in [3.63, 3.8) is 0 Å². The molecule has 0 unspecified atom stereocenters. The van der Waals surface area contributed by atoms with Gasteiger partial charge in [-0.2, -0.15) is 0 Å². The lowest BCUT2D eigenvalue weighted by Crippen LogP contribution is -2.16. The molecule has 7 nitrogen and oxygen atoms in total. The molecule has 0 saturated carbocycles. The van der Waals surface area contributed by atoms with Crippen LogP contribution >= 0.6 is 0 Å². The highest BCUT2D eigenvalue weighted by molar-refractivity contribution is 6.03. The number of aromatic hydroxyl groups is 1. The Morgan fingerprint density at radius 1 is 1.26 bits per heavy atom. The molecule has 0 atom stereocenters. The number of benzene rings is 1. The minimum atomic E-state index is -4.81. The SMILES string of the molecule is CCOC(=O)c1nc(C)c2onc(-c3ccc(OC(F)(F)F)cc3)c2c1O. The van der Waals surface area contributed by atoms with Crippen molar-refractivity contribution in [3.05, 3.63) is 35.7 Å². The molecule has 142 valence electrons. The number of carbonyl (C=O) groups excluding carboxylic acids is 1. The van der Waals surface area contributed by atoms with Gasteiger partial charge < -0.3 is 19.1 Å². The summed E-state index contributed by atoms with van der Waals surface area (Å²) in [6, 6.07) is 4.83. The van der Waals surface area contributed by atoms with E-state index in [1.54, 1.807) is 13.8 Å². The van der Waals surface area contributed by atoms with E-state index in [9.17, 15) is 23.1 Å². The number of rotatable bonds is 4. The molecule has 2 heterocycles. The standard InChI is InChI=1S/C17H13F3N2O5/c1-3-25-16(24)13-14(23)11-12(22-27-15(11)8(2)21-13)9-4-6-10(7-5-9)26-17(18,19)20/h4-7,23H,3H2,1-2H3. The van der Waals surface area contributed by atoms with Gasteiger partial charge >= 0.3 is 12.3 Å². The molecule has 0 aliphatic heterocycles. The molecule has 1 N–H and O–H groups in total. The Hall–Kier alpha value is -3.30. The highest BCUT2D eigenvalue weighted by Gasteiger charge is 2.31. The zero-order valence-electron chi connectivity index (χ0n) is 14.1. The molecular formula is C17H13F3N2O5. The number of aryl methyl sites for hydroxylation is 1. The number of ether oxygens (including phenoxy) is 2. The molecular weight excluding hydrogens is 369 g/mol. The second-order valence-electron chi connectivity index (χ2n) is 5.42. The Morgan fingerprint density at radius 3 is 2.52 bits per heavy atom. The second kappa shape index (κ2) is 6.78. The molecule has 27 heavy (non-hydrogen) atoms. The van der Waals surface area contributed by atoms with Crippen molar-refractivity contribution >= 4 is 16.9 Å². The van der Waals surface area contributed by atoms with E-state index in [2.05, 4.69) is 14.9 Å². The molecule has 3 aromatic rings. The summed E-state index contributed by atoms with van der Waals surface area (Å²) in [5.41, 5.74) is 0.618. The summed E-state index contributed by atoms with van der Waals surface area (Å²) in [4.78, 5) is 16.0. The van der Waals surface area contributed by atoms with Crippen LogP contribution in [0.15, 0.2) is 28.8 Å². The first-order valence-electron chi connectivity index (χ1n) is 7.73. The third-order valence-corrected chi connectivity index (χ3v) is 3.59. The lowest BCUT2D eigenvalue weighted by molar-refractivity contribution is -0.274. The third-order valence-electron chi connectivity index (χ3n) is 3.59. The summed E-state index contributed by atoms with van der Waals surface area (Å²) in [6.45, 7) is 3.25. The fraction of sp³-hybridized carbons (Fsp3) is 0.235. The van der Waals surface area contributed by atoms with E-state index in [1.165, 1.54) is 12.1 Å². The Kier molecular flexibility index (Phi) is 4.64. The van der Waals surface area contributed by atoms with Gasteiger partial charge in [-0.3, -0.25) is 0 Å². The Bertz CT molecular complexity index is 996. The minimum Gasteiger partial charge on any atom is -0.505 e. The predicted molar refractivity (Wildman–Crippen MR) is 86.3 cm³/mol. The van der Waals surface area contributed by atoms with E-state index in [1.807, 2.05) is 0 Å². The Morgan fingerprint density at radius 2 is 1.93 bits per heavy atom. The van der Waals surface area contributed by atoms with E-state index >= 15 is 0 Å². The first-order valence-corrected chi connectivity index (χ1v) is 7.73. The number of carbonyl (C=O) groups is 1. The van der Waals surface area contributed by atoms with Crippen molar-refractivity contribution in [2.45, 2.75) is 20.2 Å². The van der Waals surface area contributed by atoms with Gasteiger partial charge in [0.15, 0.2) is 17.0 Å². The zero-order valence-corrected chi connectivity index (χ0v) is 14.1. The quantitative estimate of drug-likeness (QED) is 0.682. The normalized spacial score (nSPS) is 11.6. The van der Waals surface area contributed by atoms with Gasteiger partial charge in [-0.05, 0) is 38.1 Å². The topological polar surface area (TPSA) is 94.7 Å². The minimum absolute atomic E-state index is 0.0915. The van der Waals surface area contributed by atoms with Crippen molar-refractivity contribution in [1.82, 2.24) is 10.1 Å². The van der Waals surface area contributed by atoms with Crippen LogP contribution in [0.1, 0.15) is 23.1 Å². The number of pyridine rings is 1. The Labute approximate surface area is 150 Å². The summed E-state index contributed by atoms with van der Waals surface area (Å²) in [6.07, 6.45) is -4.81. The molecule has 0 bridgehead atoms. The van der Waals surface area contributed by atoms with Crippen LogP contribution in [0.5, 0.6) is 11.5 Å². The number of esters is 1. The van der Waals surface area contributed by atoms with Gasteiger partial charge in [0, 0.05) is 5.56 Å². The van der Waals surface area contributed by atoms with Crippen molar-refractivity contribution in [3.8, 4) is 22.8 Å². The number of nitrogens with zero attached hydrogens (tertiary/aromatic N) is 2. The van der Waals surface area contributed by atoms with E-state index in [-0.39, 0.29) is 29.0 Å². The van der Waals surface area contributed by atoms with Crippen LogP contribution in [0.4, 0.5) is 13.2 Å². The molecule has 0 radical (unpaired) electrons. The average molecular weight is 382 g/mol. The molecule has 0 aliphatic rings. The van der Waals surface area contributed by atoms with Crippen molar-refractivity contribution in [2.75, 3.05) is 6.61 Å². The van der Waals surface area contributed by atoms with Gasteiger partial charge in [-0.15, -0.1) is 13.2 Å². The van der Waals surface area contributed by atoms with E-state index in [0.29, 0.717) is 11.3 Å². The summed E-state index contributed by atoms with van der Waals surface area (Å²) in [5, 5.41) is 14.4. The smallest absolute Gasteiger partial charge is 0.505 e. The van der Waals surface area contributed by atoms with Crippen LogP contribution in [0.3, 0.4) is 0 Å². The molecule has 0 spiro atoms. The van der Waals surface area contributed by atoms with Gasteiger partial charge in [-0.25, -0.2) is 9.78 Å². The maximum absolute atomic E-state index is 12.3. The highest BCUT2D eigenvalue weighted by atomic mass is 19.4. The zero-order chi connectivity index (χ0) is 19.8. The molecule has 2 aromatic heterocycles. The number of hydrogen-bond donors (Lipinski definition) is 1. The number of aromatic nitrogens is 2. The van der Waals surface area contributed by atoms with Crippen LogP contribution in [0.2, 0.25) is 0 Å². The second-order valence-corrected chi connectivity index (χ2v) is 5.42. The van der Waals surface area contributed by atoms with Crippen LogP contribution in [0, 0.1) is 6.92 Å². The average Bonchev–Trinajstić information content (AvgIpc) is 3.03. The molecule has 0 saturated heterocycles. The van der Waals surface area contributed by atoms with Crippen LogP contribution < -0.4 is 4.74 Å². The maximum Gasteiger partial charge on any atom is 0.573 e. The summed E-state index contributed by atoms with van der Waals surface area (Å²) < 4.78 is 50.7. The monoisotopic (exact) mass is 382 g/mol. The molecule has 0 aliphatic carbocycles.